The van der Waals surface area contributed by atoms with Gasteiger partial charge in [0.2, 0.25) is 0 Å². The molecule has 1 aliphatic carbocycles. The molecule has 0 amide bonds. The molecule has 2 atom stereocenters. The summed E-state index contributed by atoms with van der Waals surface area (Å²) in [5.41, 5.74) is 9.10. The number of piperidine rings is 1. The molecular formula is C16H27N3. The fourth-order valence-electron chi connectivity index (χ4n) is 3.72. The number of fused-ring (bicyclic) bond motifs is 1. The van der Waals surface area contributed by atoms with E-state index in [1.165, 1.54) is 56.2 Å². The number of hydrogen-bond donors (Lipinski definition) is 1. The van der Waals surface area contributed by atoms with Crippen molar-refractivity contribution in [3.8, 4) is 0 Å². The quantitative estimate of drug-likeness (QED) is 0.908. The van der Waals surface area contributed by atoms with E-state index in [2.05, 4.69) is 28.9 Å². The number of rotatable bonds is 3. The van der Waals surface area contributed by atoms with Crippen molar-refractivity contribution in [1.82, 2.24) is 9.47 Å². The van der Waals surface area contributed by atoms with Gasteiger partial charge in [-0.2, -0.15) is 0 Å². The Morgan fingerprint density at radius 3 is 2.89 bits per heavy atom. The number of aryl methyl sites for hydroxylation is 2. The Balaban J connectivity index is 1.61. The third kappa shape index (κ3) is 2.87. The predicted octanol–water partition coefficient (Wildman–Crippen LogP) is 2.70. The lowest BCUT2D eigenvalue weighted by Gasteiger charge is -2.32. The molecule has 1 aromatic rings. The lowest BCUT2D eigenvalue weighted by Crippen LogP contribution is -2.36. The Kier molecular flexibility index (Phi) is 3.94. The topological polar surface area (TPSA) is 34.2 Å². The van der Waals surface area contributed by atoms with Crippen LogP contribution in [0.2, 0.25) is 0 Å². The Bertz CT molecular complexity index is 424. The molecule has 2 unspecified atom stereocenters. The zero-order chi connectivity index (χ0) is 13.2. The summed E-state index contributed by atoms with van der Waals surface area (Å²) in [6, 6.07) is 1.06. The summed E-state index contributed by atoms with van der Waals surface area (Å²) in [7, 11) is 2.28. The largest absolute Gasteiger partial charge is 0.354 e. The molecule has 0 radical (unpaired) electrons. The van der Waals surface area contributed by atoms with Crippen LogP contribution in [0.15, 0.2) is 12.4 Å². The highest BCUT2D eigenvalue weighted by Crippen LogP contribution is 2.29. The average molecular weight is 261 g/mol. The van der Waals surface area contributed by atoms with Gasteiger partial charge in [0.05, 0.1) is 0 Å². The van der Waals surface area contributed by atoms with Gasteiger partial charge in [0.25, 0.3) is 0 Å². The number of nitrogens with zero attached hydrogens (tertiary/aromatic N) is 2. The summed E-state index contributed by atoms with van der Waals surface area (Å²) in [5, 5.41) is 0. The molecule has 1 aromatic heterocycles. The fraction of sp³-hybridized carbons (Fsp3) is 0.750. The maximum Gasteiger partial charge on any atom is 0.0312 e. The lowest BCUT2D eigenvalue weighted by atomic mass is 9.92. The Morgan fingerprint density at radius 1 is 1.21 bits per heavy atom. The Morgan fingerprint density at radius 2 is 2.11 bits per heavy atom. The zero-order valence-corrected chi connectivity index (χ0v) is 12.1. The first-order chi connectivity index (χ1) is 9.24. The van der Waals surface area contributed by atoms with E-state index in [1.807, 2.05) is 0 Å². The van der Waals surface area contributed by atoms with Crippen LogP contribution in [0, 0.1) is 0 Å². The third-order valence-electron chi connectivity index (χ3n) is 5.00. The van der Waals surface area contributed by atoms with Crippen molar-refractivity contribution in [2.24, 2.45) is 5.73 Å². The molecule has 2 aliphatic rings. The number of likely N-dealkylation sites (tertiary alicyclic amines) is 1. The maximum absolute atomic E-state index is 6.20. The second-order valence-electron chi connectivity index (χ2n) is 6.39. The minimum Gasteiger partial charge on any atom is -0.354 e. The SMILES string of the molecule is CN1CCCCC1CCn1cc2c(c1)C(N)CCC2. The van der Waals surface area contributed by atoms with Crippen molar-refractivity contribution in [3.63, 3.8) is 0 Å². The molecule has 3 nitrogen and oxygen atoms in total. The van der Waals surface area contributed by atoms with Crippen molar-refractivity contribution >= 4 is 0 Å². The smallest absolute Gasteiger partial charge is 0.0312 e. The molecule has 19 heavy (non-hydrogen) atoms. The molecule has 2 N–H and O–H groups in total. The molecular weight excluding hydrogens is 234 g/mol. The van der Waals surface area contributed by atoms with E-state index in [-0.39, 0.29) is 6.04 Å². The Labute approximate surface area is 116 Å². The van der Waals surface area contributed by atoms with E-state index in [0.29, 0.717) is 0 Å². The van der Waals surface area contributed by atoms with Crippen molar-refractivity contribution < 1.29 is 0 Å². The maximum atomic E-state index is 6.20. The standard InChI is InChI=1S/C16H27N3/c1-18-9-3-2-6-14(18)8-10-19-11-13-5-4-7-16(17)15(13)12-19/h11-12,14,16H,2-10,17H2,1H3. The highest BCUT2D eigenvalue weighted by atomic mass is 15.1. The molecule has 3 heteroatoms. The van der Waals surface area contributed by atoms with Crippen LogP contribution in [0.3, 0.4) is 0 Å². The van der Waals surface area contributed by atoms with E-state index in [4.69, 9.17) is 5.73 Å². The first-order valence-corrected chi connectivity index (χ1v) is 7.88. The van der Waals surface area contributed by atoms with Gasteiger partial charge in [-0.25, -0.2) is 0 Å². The lowest BCUT2D eigenvalue weighted by molar-refractivity contribution is 0.171. The van der Waals surface area contributed by atoms with Crippen LogP contribution in [-0.4, -0.2) is 29.1 Å². The molecule has 1 saturated heterocycles. The number of hydrogen-bond acceptors (Lipinski definition) is 2. The average Bonchev–Trinajstić information content (AvgIpc) is 2.82. The van der Waals surface area contributed by atoms with Gasteiger partial charge in [0.15, 0.2) is 0 Å². The van der Waals surface area contributed by atoms with Crippen molar-refractivity contribution in [2.75, 3.05) is 13.6 Å². The summed E-state index contributed by atoms with van der Waals surface area (Å²) >= 11 is 0. The summed E-state index contributed by atoms with van der Waals surface area (Å²) < 4.78 is 2.39. The van der Waals surface area contributed by atoms with Crippen LogP contribution in [0.5, 0.6) is 0 Å². The third-order valence-corrected chi connectivity index (χ3v) is 5.00. The van der Waals surface area contributed by atoms with Crippen LogP contribution in [0.25, 0.3) is 0 Å². The monoisotopic (exact) mass is 261 g/mol. The van der Waals surface area contributed by atoms with E-state index < -0.39 is 0 Å². The van der Waals surface area contributed by atoms with Crippen LogP contribution in [-0.2, 0) is 13.0 Å². The second kappa shape index (κ2) is 5.68. The van der Waals surface area contributed by atoms with Gasteiger partial charge in [-0.1, -0.05) is 6.42 Å². The van der Waals surface area contributed by atoms with Gasteiger partial charge < -0.3 is 15.2 Å². The minimum atomic E-state index is 0.280. The van der Waals surface area contributed by atoms with Gasteiger partial charge in [-0.15, -0.1) is 0 Å². The molecule has 0 spiro atoms. The van der Waals surface area contributed by atoms with Crippen LogP contribution in [0.4, 0.5) is 0 Å². The van der Waals surface area contributed by atoms with Crippen LogP contribution in [0.1, 0.15) is 55.7 Å². The van der Waals surface area contributed by atoms with Gasteiger partial charge in [0.1, 0.15) is 0 Å². The minimum absolute atomic E-state index is 0.280. The predicted molar refractivity (Wildman–Crippen MR) is 79.2 cm³/mol. The van der Waals surface area contributed by atoms with E-state index in [9.17, 15) is 0 Å². The van der Waals surface area contributed by atoms with E-state index in [0.717, 1.165) is 19.0 Å². The Hall–Kier alpha value is -0.800. The van der Waals surface area contributed by atoms with Gasteiger partial charge in [-0.05, 0) is 63.2 Å². The van der Waals surface area contributed by atoms with Gasteiger partial charge in [0, 0.05) is 31.0 Å². The summed E-state index contributed by atoms with van der Waals surface area (Å²) in [6.45, 7) is 2.42. The highest BCUT2D eigenvalue weighted by Gasteiger charge is 2.21. The number of nitrogens with two attached hydrogens (primary N) is 1. The highest BCUT2D eigenvalue weighted by molar-refractivity contribution is 5.29. The van der Waals surface area contributed by atoms with E-state index in [1.54, 1.807) is 0 Å². The van der Waals surface area contributed by atoms with E-state index >= 15 is 0 Å². The van der Waals surface area contributed by atoms with Crippen molar-refractivity contribution in [1.29, 1.82) is 0 Å². The van der Waals surface area contributed by atoms with Crippen molar-refractivity contribution in [2.45, 2.75) is 63.6 Å². The molecule has 106 valence electrons. The molecule has 1 aliphatic heterocycles. The van der Waals surface area contributed by atoms with Crippen LogP contribution < -0.4 is 5.73 Å². The first kappa shape index (κ1) is 13.2. The summed E-state index contributed by atoms with van der Waals surface area (Å²) in [6.07, 6.45) is 13.7. The molecule has 0 bridgehead atoms. The summed E-state index contributed by atoms with van der Waals surface area (Å²) in [5.74, 6) is 0. The van der Waals surface area contributed by atoms with Crippen LogP contribution >= 0.6 is 0 Å². The summed E-state index contributed by atoms with van der Waals surface area (Å²) in [4.78, 5) is 2.54. The van der Waals surface area contributed by atoms with Gasteiger partial charge >= 0.3 is 0 Å². The molecule has 2 heterocycles. The van der Waals surface area contributed by atoms with Gasteiger partial charge in [-0.3, -0.25) is 0 Å². The second-order valence-corrected chi connectivity index (χ2v) is 6.39. The molecule has 1 fully saturated rings. The molecule has 3 rings (SSSR count). The fourth-order valence-corrected chi connectivity index (χ4v) is 3.72. The zero-order valence-electron chi connectivity index (χ0n) is 12.1. The molecule has 0 aromatic carbocycles. The normalized spacial score (nSPS) is 28.3. The molecule has 0 saturated carbocycles. The number of aromatic nitrogens is 1. The first-order valence-electron chi connectivity index (χ1n) is 7.88. The van der Waals surface area contributed by atoms with Crippen molar-refractivity contribution in [3.05, 3.63) is 23.5 Å².